The summed E-state index contributed by atoms with van der Waals surface area (Å²) in [5.41, 5.74) is 8.61. The van der Waals surface area contributed by atoms with Crippen molar-refractivity contribution in [3.8, 4) is 0 Å². The topological polar surface area (TPSA) is 26.0 Å². The Morgan fingerprint density at radius 2 is 1.17 bits per heavy atom. The lowest BCUT2D eigenvalue weighted by Crippen LogP contribution is -2.25. The van der Waals surface area contributed by atoms with Crippen LogP contribution in [0.1, 0.15) is 11.1 Å². The molecular formula is C15H17NS2. The van der Waals surface area contributed by atoms with Gasteiger partial charge in [-0.25, -0.2) is 0 Å². The number of benzene rings is 2. The molecule has 0 saturated carbocycles. The number of hydrogen-bond donors (Lipinski definition) is 3. The highest BCUT2D eigenvalue weighted by Gasteiger charge is 2.08. The van der Waals surface area contributed by atoms with Crippen LogP contribution in [0.15, 0.2) is 58.3 Å². The third kappa shape index (κ3) is 3.55. The van der Waals surface area contributed by atoms with Crippen molar-refractivity contribution in [2.45, 2.75) is 28.7 Å². The zero-order valence-electron chi connectivity index (χ0n) is 10.1. The molecule has 2 aromatic carbocycles. The molecule has 2 aromatic rings. The number of hydrogen-bond acceptors (Lipinski definition) is 3. The number of nitrogens with two attached hydrogens (primary N) is 1. The molecule has 0 amide bonds. The Morgan fingerprint density at radius 3 is 1.56 bits per heavy atom. The molecule has 0 fully saturated rings. The van der Waals surface area contributed by atoms with E-state index in [1.807, 2.05) is 36.4 Å². The summed E-state index contributed by atoms with van der Waals surface area (Å²) in [6, 6.07) is 16.3. The maximum Gasteiger partial charge on any atom is 0.0121 e. The Kier molecular flexibility index (Phi) is 4.75. The second kappa shape index (κ2) is 6.32. The maximum absolute atomic E-state index is 6.21. The zero-order valence-corrected chi connectivity index (χ0v) is 11.9. The molecule has 0 atom stereocenters. The van der Waals surface area contributed by atoms with Gasteiger partial charge < -0.3 is 5.73 Å². The van der Waals surface area contributed by atoms with E-state index in [0.29, 0.717) is 0 Å². The molecule has 0 aromatic heterocycles. The minimum Gasteiger partial charge on any atom is -0.327 e. The molecule has 2 N–H and O–H groups in total. The minimum atomic E-state index is 0.0894. The van der Waals surface area contributed by atoms with Gasteiger partial charge in [-0.05, 0) is 36.1 Å². The van der Waals surface area contributed by atoms with Gasteiger partial charge in [0.1, 0.15) is 0 Å². The third-order valence-electron chi connectivity index (χ3n) is 2.95. The first-order valence-electron chi connectivity index (χ1n) is 5.96. The third-order valence-corrected chi connectivity index (χ3v) is 3.82. The normalized spacial score (nSPS) is 10.9. The zero-order chi connectivity index (χ0) is 13.0. The Labute approximate surface area is 119 Å². The van der Waals surface area contributed by atoms with Crippen molar-refractivity contribution < 1.29 is 0 Å². The van der Waals surface area contributed by atoms with Crippen LogP contribution >= 0.6 is 25.3 Å². The number of thiol groups is 2. The molecule has 0 spiro atoms. The van der Waals surface area contributed by atoms with Crippen LogP contribution < -0.4 is 5.73 Å². The first kappa shape index (κ1) is 13.5. The van der Waals surface area contributed by atoms with Crippen molar-refractivity contribution in [2.24, 2.45) is 5.73 Å². The summed E-state index contributed by atoms with van der Waals surface area (Å²) in [5.74, 6) is 0. The molecule has 0 aliphatic carbocycles. The Bertz CT molecular complexity index is 478. The van der Waals surface area contributed by atoms with Crippen molar-refractivity contribution in [1.82, 2.24) is 0 Å². The first-order valence-corrected chi connectivity index (χ1v) is 6.85. The fourth-order valence-corrected chi connectivity index (χ4v) is 2.51. The van der Waals surface area contributed by atoms with Crippen LogP contribution in [0.3, 0.4) is 0 Å². The predicted molar refractivity (Wildman–Crippen MR) is 82.8 cm³/mol. The highest BCUT2D eigenvalue weighted by atomic mass is 32.1. The van der Waals surface area contributed by atoms with Crippen molar-refractivity contribution in [3.63, 3.8) is 0 Å². The highest BCUT2D eigenvalue weighted by Crippen LogP contribution is 2.18. The fraction of sp³-hybridized carbons (Fsp3) is 0.200. The number of rotatable bonds is 4. The quantitative estimate of drug-likeness (QED) is 0.733. The van der Waals surface area contributed by atoms with E-state index in [-0.39, 0.29) is 6.04 Å². The van der Waals surface area contributed by atoms with Crippen molar-refractivity contribution in [1.29, 1.82) is 0 Å². The van der Waals surface area contributed by atoms with Gasteiger partial charge in [0.05, 0.1) is 0 Å². The summed E-state index contributed by atoms with van der Waals surface area (Å²) in [5, 5.41) is 0. The van der Waals surface area contributed by atoms with E-state index in [2.05, 4.69) is 37.4 Å². The molecule has 0 bridgehead atoms. The van der Waals surface area contributed by atoms with Crippen LogP contribution in [-0.4, -0.2) is 6.04 Å². The molecule has 94 valence electrons. The average molecular weight is 275 g/mol. The van der Waals surface area contributed by atoms with E-state index in [0.717, 1.165) is 22.6 Å². The first-order chi connectivity index (χ1) is 8.66. The van der Waals surface area contributed by atoms with Gasteiger partial charge in [-0.2, -0.15) is 0 Å². The maximum atomic E-state index is 6.21. The highest BCUT2D eigenvalue weighted by molar-refractivity contribution is 7.80. The lowest BCUT2D eigenvalue weighted by Gasteiger charge is -2.14. The van der Waals surface area contributed by atoms with Gasteiger partial charge in [0, 0.05) is 15.8 Å². The Hall–Kier alpha value is -0.900. The van der Waals surface area contributed by atoms with E-state index in [1.165, 1.54) is 11.1 Å². The van der Waals surface area contributed by atoms with Gasteiger partial charge in [0.15, 0.2) is 0 Å². The van der Waals surface area contributed by atoms with Crippen LogP contribution in [0.4, 0.5) is 0 Å². The summed E-state index contributed by atoms with van der Waals surface area (Å²) < 4.78 is 0. The molecule has 0 aliphatic heterocycles. The summed E-state index contributed by atoms with van der Waals surface area (Å²) in [6.07, 6.45) is 1.67. The fourth-order valence-electron chi connectivity index (χ4n) is 2.00. The van der Waals surface area contributed by atoms with E-state index in [1.54, 1.807) is 0 Å². The van der Waals surface area contributed by atoms with E-state index in [4.69, 9.17) is 5.73 Å². The van der Waals surface area contributed by atoms with E-state index in [9.17, 15) is 0 Å². The van der Waals surface area contributed by atoms with Crippen LogP contribution in [0.5, 0.6) is 0 Å². The summed E-state index contributed by atoms with van der Waals surface area (Å²) in [6.45, 7) is 0. The van der Waals surface area contributed by atoms with Gasteiger partial charge in [-0.1, -0.05) is 36.4 Å². The van der Waals surface area contributed by atoms with Crippen LogP contribution in [-0.2, 0) is 12.8 Å². The van der Waals surface area contributed by atoms with Gasteiger partial charge in [0.25, 0.3) is 0 Å². The van der Waals surface area contributed by atoms with Crippen LogP contribution in [0, 0.1) is 0 Å². The molecule has 18 heavy (non-hydrogen) atoms. The Balaban J connectivity index is 2.04. The lowest BCUT2D eigenvalue weighted by atomic mass is 10.00. The summed E-state index contributed by atoms with van der Waals surface area (Å²) in [7, 11) is 0. The van der Waals surface area contributed by atoms with Crippen molar-refractivity contribution >= 4 is 25.3 Å². The lowest BCUT2D eigenvalue weighted by molar-refractivity contribution is 0.653. The molecular weight excluding hydrogens is 258 g/mol. The van der Waals surface area contributed by atoms with Gasteiger partial charge in [-0.3, -0.25) is 0 Å². The monoisotopic (exact) mass is 275 g/mol. The average Bonchev–Trinajstić information content (AvgIpc) is 2.35. The largest absolute Gasteiger partial charge is 0.327 e. The van der Waals surface area contributed by atoms with Crippen molar-refractivity contribution in [3.05, 3.63) is 59.7 Å². The Morgan fingerprint density at radius 1 is 0.778 bits per heavy atom. The standard InChI is InChI=1S/C15H17NS2/c16-13(9-11-5-1-3-7-14(11)17)10-12-6-2-4-8-15(12)18/h1-8,13,17-18H,9-10,16H2. The van der Waals surface area contributed by atoms with E-state index >= 15 is 0 Å². The SMILES string of the molecule is NC(Cc1ccccc1S)Cc1ccccc1S. The van der Waals surface area contributed by atoms with Gasteiger partial charge in [0.2, 0.25) is 0 Å². The smallest absolute Gasteiger partial charge is 0.0121 e. The molecule has 1 nitrogen and oxygen atoms in total. The van der Waals surface area contributed by atoms with Gasteiger partial charge >= 0.3 is 0 Å². The second-order valence-corrected chi connectivity index (χ2v) is 5.39. The molecule has 0 aliphatic rings. The molecule has 0 heterocycles. The molecule has 2 rings (SSSR count). The molecule has 3 heteroatoms. The molecule has 0 unspecified atom stereocenters. The van der Waals surface area contributed by atoms with E-state index < -0.39 is 0 Å². The minimum absolute atomic E-state index is 0.0894. The predicted octanol–water partition coefficient (Wildman–Crippen LogP) is 3.38. The summed E-state index contributed by atoms with van der Waals surface area (Å²) >= 11 is 8.90. The second-order valence-electron chi connectivity index (χ2n) is 4.43. The molecule has 0 radical (unpaired) electrons. The van der Waals surface area contributed by atoms with Crippen LogP contribution in [0.25, 0.3) is 0 Å². The molecule has 0 saturated heterocycles. The van der Waals surface area contributed by atoms with Gasteiger partial charge in [-0.15, -0.1) is 25.3 Å². The van der Waals surface area contributed by atoms with Crippen molar-refractivity contribution in [2.75, 3.05) is 0 Å². The summed E-state index contributed by atoms with van der Waals surface area (Å²) in [4.78, 5) is 2.01. The van der Waals surface area contributed by atoms with Crippen LogP contribution in [0.2, 0.25) is 0 Å².